The molecule has 3 aromatic rings. The summed E-state index contributed by atoms with van der Waals surface area (Å²) >= 11 is 0. The van der Waals surface area contributed by atoms with Crippen LogP contribution in [0.25, 0.3) is 21.7 Å². The summed E-state index contributed by atoms with van der Waals surface area (Å²) in [5, 5.41) is 68.2. The SMILES string of the molecule is NCCCC[C@H](NC(=O)CCCCCCCCn1c(=O)c2ccncc2c2ccc(C(=O)O)cc21)C(=O)N[C@@H](CC(=O)O)C(=O)N[C@@H](CC(=O)O)C(=O)N[C@@H](CC(=O)O)C(=O)N[C@@H](CC(=O)O)C(=O)O. The van der Waals surface area contributed by atoms with Crippen molar-refractivity contribution in [2.45, 2.75) is 127 Å². The van der Waals surface area contributed by atoms with Crippen molar-refractivity contribution >= 4 is 87.0 Å². The van der Waals surface area contributed by atoms with Crippen LogP contribution >= 0.6 is 0 Å². The Morgan fingerprint density at radius 3 is 1.53 bits per heavy atom. The summed E-state index contributed by atoms with van der Waals surface area (Å²) < 4.78 is 1.56. The zero-order valence-electron chi connectivity index (χ0n) is 37.7. The van der Waals surface area contributed by atoms with Crippen molar-refractivity contribution in [2.75, 3.05) is 6.54 Å². The van der Waals surface area contributed by atoms with Crippen molar-refractivity contribution < 1.29 is 83.4 Å². The lowest BCUT2D eigenvalue weighted by Crippen LogP contribution is -2.59. The molecule has 5 amide bonds. The van der Waals surface area contributed by atoms with Gasteiger partial charge < -0.3 is 67.5 Å². The molecule has 13 N–H and O–H groups in total. The number of pyridine rings is 2. The molecule has 0 spiro atoms. The summed E-state index contributed by atoms with van der Waals surface area (Å²) in [5.74, 6) is -15.7. The number of hydrogen-bond donors (Lipinski definition) is 12. The molecule has 0 bridgehead atoms. The van der Waals surface area contributed by atoms with Crippen LogP contribution in [0.3, 0.4) is 0 Å². The van der Waals surface area contributed by atoms with E-state index in [4.69, 9.17) is 10.8 Å². The molecule has 0 unspecified atom stereocenters. The van der Waals surface area contributed by atoms with E-state index >= 15 is 0 Å². The molecule has 1 aromatic carbocycles. The zero-order chi connectivity index (χ0) is 52.1. The molecule has 2 heterocycles. The number of rotatable bonds is 32. The Bertz CT molecular complexity index is 2510. The molecular weight excluding hydrogens is 929 g/mol. The van der Waals surface area contributed by atoms with Crippen molar-refractivity contribution in [3.63, 3.8) is 0 Å². The lowest BCUT2D eigenvalue weighted by atomic mass is 10.0. The van der Waals surface area contributed by atoms with Crippen LogP contribution in [0.15, 0.2) is 41.5 Å². The van der Waals surface area contributed by atoms with Crippen LogP contribution in [0, 0.1) is 0 Å². The van der Waals surface area contributed by atoms with Gasteiger partial charge in [0.05, 0.1) is 42.1 Å². The molecule has 5 atom stereocenters. The number of hydrogen-bond acceptors (Lipinski definition) is 14. The smallest absolute Gasteiger partial charge is 0.335 e. The number of aromatic carboxylic acids is 1. The maximum atomic E-state index is 13.5. The van der Waals surface area contributed by atoms with Gasteiger partial charge in [-0.25, -0.2) is 9.59 Å². The van der Waals surface area contributed by atoms with Crippen LogP contribution in [0.4, 0.5) is 0 Å². The van der Waals surface area contributed by atoms with E-state index < -0.39 is 121 Å². The Morgan fingerprint density at radius 2 is 1.03 bits per heavy atom. The third kappa shape index (κ3) is 17.9. The summed E-state index contributed by atoms with van der Waals surface area (Å²) in [5.41, 5.74) is 5.84. The Hall–Kier alpha value is -8.03. The summed E-state index contributed by atoms with van der Waals surface area (Å²) in [4.78, 5) is 153. The van der Waals surface area contributed by atoms with Gasteiger partial charge in [-0.1, -0.05) is 31.7 Å². The molecule has 26 heteroatoms. The Labute approximate surface area is 397 Å². The van der Waals surface area contributed by atoms with E-state index in [1.807, 2.05) is 10.6 Å². The number of fused-ring (bicyclic) bond motifs is 3. The molecule has 0 saturated carbocycles. The minimum atomic E-state index is -2.15. The molecule has 0 aliphatic rings. The quantitative estimate of drug-likeness (QED) is 0.0277. The molecule has 0 aliphatic carbocycles. The van der Waals surface area contributed by atoms with Crippen molar-refractivity contribution in [2.24, 2.45) is 5.73 Å². The van der Waals surface area contributed by atoms with Crippen LogP contribution in [0.5, 0.6) is 0 Å². The molecule has 0 aliphatic heterocycles. The minimum Gasteiger partial charge on any atom is -0.481 e. The first-order valence-corrected chi connectivity index (χ1v) is 22.1. The van der Waals surface area contributed by atoms with E-state index in [9.17, 15) is 83.1 Å². The molecule has 0 fully saturated rings. The number of benzene rings is 1. The maximum Gasteiger partial charge on any atom is 0.335 e. The summed E-state index contributed by atoms with van der Waals surface area (Å²) in [6.07, 6.45) is 2.76. The van der Waals surface area contributed by atoms with Gasteiger partial charge in [-0.05, 0) is 56.8 Å². The van der Waals surface area contributed by atoms with Crippen LogP contribution in [-0.2, 0) is 54.5 Å². The Balaban J connectivity index is 1.62. The molecule has 26 nitrogen and oxygen atoms in total. The average molecular weight is 985 g/mol. The number of aliphatic carboxylic acids is 5. The minimum absolute atomic E-state index is 0.00739. The fourth-order valence-corrected chi connectivity index (χ4v) is 7.29. The van der Waals surface area contributed by atoms with Gasteiger partial charge in [-0.15, -0.1) is 0 Å². The standard InChI is InChI=1S/C44H56N8O18/c45-14-7-6-9-27(47-33(53)10-5-3-1-2-4-8-16-52-32-17-23(43(67)68)11-12-24(32)26-22-46-15-13-25(26)42(52)66)38(62)48-28(18-34(54)55)39(63)49-29(19-35(56)57)40(64)50-30(20-36(58)59)41(65)51-31(44(69)70)21-37(60)61/h11-13,15,17,22,27-31H,1-10,14,16,18-21,45H2,(H,47,53)(H,48,62)(H,49,63)(H,50,64)(H,51,65)(H,54,55)(H,56,57)(H,58,59)(H,60,61)(H,67,68)(H,69,70)/t27-,28-,29-,30-,31-/m0/s1. The number of carboxylic acids is 6. The number of nitrogens with zero attached hydrogens (tertiary/aromatic N) is 2. The van der Waals surface area contributed by atoms with Crippen LogP contribution in [-0.4, -0.2) is 142 Å². The van der Waals surface area contributed by atoms with E-state index in [2.05, 4.69) is 15.6 Å². The van der Waals surface area contributed by atoms with Crippen LogP contribution < -0.4 is 37.9 Å². The van der Waals surface area contributed by atoms with E-state index in [1.54, 1.807) is 28.2 Å². The van der Waals surface area contributed by atoms with Crippen molar-refractivity contribution in [1.29, 1.82) is 0 Å². The average Bonchev–Trinajstić information content (AvgIpc) is 3.28. The first kappa shape index (κ1) is 56.3. The molecule has 2 aromatic heterocycles. The highest BCUT2D eigenvalue weighted by atomic mass is 16.4. The normalized spacial score (nSPS) is 13.2. The van der Waals surface area contributed by atoms with Crippen molar-refractivity contribution in [3.05, 3.63) is 52.6 Å². The van der Waals surface area contributed by atoms with Crippen LogP contribution in [0.2, 0.25) is 0 Å². The number of carboxylic acid groups (broad SMARTS) is 6. The summed E-state index contributed by atoms with van der Waals surface area (Å²) in [7, 11) is 0. The second-order valence-corrected chi connectivity index (χ2v) is 16.2. The highest BCUT2D eigenvalue weighted by Crippen LogP contribution is 2.24. The number of nitrogens with one attached hydrogen (secondary N) is 5. The second kappa shape index (κ2) is 27.7. The third-order valence-corrected chi connectivity index (χ3v) is 10.8. The maximum absolute atomic E-state index is 13.5. The second-order valence-electron chi connectivity index (χ2n) is 16.2. The van der Waals surface area contributed by atoms with E-state index in [1.165, 1.54) is 18.3 Å². The van der Waals surface area contributed by atoms with Gasteiger partial charge in [0.25, 0.3) is 5.56 Å². The number of carbonyl (C=O) groups excluding carboxylic acids is 5. The summed E-state index contributed by atoms with van der Waals surface area (Å²) in [6.45, 7) is 0.543. The fourth-order valence-electron chi connectivity index (χ4n) is 7.29. The monoisotopic (exact) mass is 984 g/mol. The first-order chi connectivity index (χ1) is 33.1. The van der Waals surface area contributed by atoms with Gasteiger partial charge in [-0.2, -0.15) is 0 Å². The molecule has 3 rings (SSSR count). The number of amides is 5. The Morgan fingerprint density at radius 1 is 0.543 bits per heavy atom. The molecular formula is C44H56N8O18. The number of nitrogens with two attached hydrogens (primary N) is 1. The predicted molar refractivity (Wildman–Crippen MR) is 242 cm³/mol. The number of aromatic nitrogens is 2. The number of aryl methyl sites for hydroxylation is 1. The largest absolute Gasteiger partial charge is 0.481 e. The summed E-state index contributed by atoms with van der Waals surface area (Å²) in [6, 6.07) is -3.48. The topological polar surface area (TPSA) is 430 Å². The van der Waals surface area contributed by atoms with Gasteiger partial charge in [-0.3, -0.25) is 52.9 Å². The first-order valence-electron chi connectivity index (χ1n) is 22.1. The van der Waals surface area contributed by atoms with E-state index in [0.717, 1.165) is 6.42 Å². The number of unbranched alkanes of at least 4 members (excludes halogenated alkanes) is 6. The van der Waals surface area contributed by atoms with Crippen molar-refractivity contribution in [3.8, 4) is 0 Å². The number of carbonyl (C=O) groups is 11. The molecule has 0 saturated heterocycles. The molecule has 380 valence electrons. The highest BCUT2D eigenvalue weighted by molar-refractivity contribution is 6.07. The van der Waals surface area contributed by atoms with Gasteiger partial charge in [0.2, 0.25) is 29.5 Å². The third-order valence-electron chi connectivity index (χ3n) is 10.8. The van der Waals surface area contributed by atoms with E-state index in [-0.39, 0.29) is 30.5 Å². The van der Waals surface area contributed by atoms with Crippen LogP contribution in [0.1, 0.15) is 100 Å². The Kier molecular flexibility index (Phi) is 22.3. The molecule has 0 radical (unpaired) electrons. The lowest BCUT2D eigenvalue weighted by Gasteiger charge is -2.25. The van der Waals surface area contributed by atoms with Gasteiger partial charge in [0.1, 0.15) is 30.2 Å². The van der Waals surface area contributed by atoms with E-state index in [0.29, 0.717) is 73.2 Å². The van der Waals surface area contributed by atoms with Gasteiger partial charge in [0.15, 0.2) is 0 Å². The highest BCUT2D eigenvalue weighted by Gasteiger charge is 2.35. The molecule has 70 heavy (non-hydrogen) atoms. The predicted octanol–water partition coefficient (Wildman–Crippen LogP) is -0.485. The zero-order valence-corrected chi connectivity index (χ0v) is 37.7. The van der Waals surface area contributed by atoms with Gasteiger partial charge in [0, 0.05) is 36.1 Å². The lowest BCUT2D eigenvalue weighted by molar-refractivity contribution is -0.148. The fraction of sp³-hybridized carbons (Fsp3) is 0.477. The van der Waals surface area contributed by atoms with Crippen molar-refractivity contribution in [1.82, 2.24) is 36.1 Å². The van der Waals surface area contributed by atoms with Gasteiger partial charge >= 0.3 is 35.8 Å².